The summed E-state index contributed by atoms with van der Waals surface area (Å²) in [6.45, 7) is 5.46. The number of rotatable bonds is 4. The molecule has 2 atom stereocenters. The average Bonchev–Trinajstić information content (AvgIpc) is 3.15. The molecule has 0 aliphatic heterocycles. The van der Waals surface area contributed by atoms with Gasteiger partial charge in [-0.2, -0.15) is 0 Å². The van der Waals surface area contributed by atoms with Gasteiger partial charge in [-0.05, 0) is 50.3 Å². The molecule has 1 N–H and O–H groups in total. The zero-order chi connectivity index (χ0) is 15.6. The first-order valence-electron chi connectivity index (χ1n) is 7.00. The second-order valence-electron chi connectivity index (χ2n) is 6.32. The molecule has 22 heavy (non-hydrogen) atoms. The third-order valence-corrected chi connectivity index (χ3v) is 3.29. The molecule has 0 amide bonds. The van der Waals surface area contributed by atoms with Gasteiger partial charge in [-0.3, -0.25) is 4.79 Å². The molecule has 0 aromatic heterocycles. The van der Waals surface area contributed by atoms with Crippen molar-refractivity contribution in [2.45, 2.75) is 46.1 Å². The molecule has 120 valence electrons. The van der Waals surface area contributed by atoms with Gasteiger partial charge >= 0.3 is 11.9 Å². The van der Waals surface area contributed by atoms with E-state index in [1.54, 1.807) is 6.08 Å². The first-order chi connectivity index (χ1) is 9.76. The number of carbonyl (C=O) groups is 2. The molecule has 1 saturated carbocycles. The minimum atomic E-state index is -0.728. The molecule has 0 saturated heterocycles. The summed E-state index contributed by atoms with van der Waals surface area (Å²) in [5.41, 5.74) is 1.43. The second-order valence-corrected chi connectivity index (χ2v) is 6.32. The van der Waals surface area contributed by atoms with E-state index in [0.29, 0.717) is 6.42 Å². The molecule has 1 aliphatic rings. The van der Waals surface area contributed by atoms with Gasteiger partial charge in [-0.15, -0.1) is 0 Å². The third-order valence-electron chi connectivity index (χ3n) is 3.29. The summed E-state index contributed by atoms with van der Waals surface area (Å²) in [4.78, 5) is 22.4. The fourth-order valence-corrected chi connectivity index (χ4v) is 2.19. The number of benzene rings is 1. The van der Waals surface area contributed by atoms with Gasteiger partial charge in [0.05, 0.1) is 5.92 Å². The minimum absolute atomic E-state index is 0. The molecule has 1 aliphatic carbocycles. The monoisotopic (exact) mass is 304 g/mol. The van der Waals surface area contributed by atoms with E-state index >= 15 is 0 Å². The number of hydrogen-bond donors (Lipinski definition) is 1. The number of carbonyl (C=O) groups excluding carboxylic acids is 1. The first kappa shape index (κ1) is 18.0. The third kappa shape index (κ3) is 5.02. The van der Waals surface area contributed by atoms with Gasteiger partial charge in [-0.25, -0.2) is 4.79 Å². The number of hydrogen-bond acceptors (Lipinski definition) is 3. The number of esters is 1. The Hall–Kier alpha value is -2.10. The maximum Gasteiger partial charge on any atom is 0.331 e. The standard InChI is InChI=1S/C17H20O4.CH4/c1-17(2,3)21-15(18)9-6-11-4-7-12(8-5-11)13-10-14(13)16(19)20;/h4-9,13-14H,10H2,1-3H3,(H,19,20);1H4/b9-6+;. The molecule has 2 rings (SSSR count). The van der Waals surface area contributed by atoms with Crippen molar-refractivity contribution in [2.24, 2.45) is 5.92 Å². The summed E-state index contributed by atoms with van der Waals surface area (Å²) in [6, 6.07) is 7.60. The van der Waals surface area contributed by atoms with Crippen molar-refractivity contribution < 1.29 is 19.4 Å². The smallest absolute Gasteiger partial charge is 0.331 e. The molecule has 4 nitrogen and oxygen atoms in total. The molecule has 2 unspecified atom stereocenters. The van der Waals surface area contributed by atoms with Gasteiger partial charge in [0.25, 0.3) is 0 Å². The van der Waals surface area contributed by atoms with Crippen molar-refractivity contribution in [3.8, 4) is 0 Å². The van der Waals surface area contributed by atoms with Crippen molar-refractivity contribution in [2.75, 3.05) is 0 Å². The highest BCUT2D eigenvalue weighted by atomic mass is 16.6. The van der Waals surface area contributed by atoms with Crippen molar-refractivity contribution in [1.29, 1.82) is 0 Å². The van der Waals surface area contributed by atoms with E-state index in [1.165, 1.54) is 6.08 Å². The maximum absolute atomic E-state index is 11.6. The van der Waals surface area contributed by atoms with Crippen LogP contribution in [-0.2, 0) is 14.3 Å². The molecular weight excluding hydrogens is 280 g/mol. The van der Waals surface area contributed by atoms with Crippen LogP contribution in [0.1, 0.15) is 51.7 Å². The van der Waals surface area contributed by atoms with Gasteiger partial charge in [0.2, 0.25) is 0 Å². The van der Waals surface area contributed by atoms with Crippen LogP contribution in [0, 0.1) is 5.92 Å². The van der Waals surface area contributed by atoms with Gasteiger partial charge in [0.15, 0.2) is 0 Å². The van der Waals surface area contributed by atoms with E-state index in [9.17, 15) is 9.59 Å². The molecule has 0 spiro atoms. The normalized spacial score (nSPS) is 20.3. The highest BCUT2D eigenvalue weighted by Gasteiger charge is 2.43. The summed E-state index contributed by atoms with van der Waals surface area (Å²) >= 11 is 0. The zero-order valence-corrected chi connectivity index (χ0v) is 12.5. The summed E-state index contributed by atoms with van der Waals surface area (Å²) in [7, 11) is 0. The molecule has 1 aromatic rings. The molecule has 4 heteroatoms. The van der Waals surface area contributed by atoms with Crippen LogP contribution >= 0.6 is 0 Å². The van der Waals surface area contributed by atoms with Crippen LogP contribution < -0.4 is 0 Å². The first-order valence-corrected chi connectivity index (χ1v) is 7.00. The Bertz CT molecular complexity index is 564. The molecule has 0 heterocycles. The van der Waals surface area contributed by atoms with Crippen LogP contribution in [-0.4, -0.2) is 22.6 Å². The lowest BCUT2D eigenvalue weighted by molar-refractivity contribution is -0.148. The van der Waals surface area contributed by atoms with Crippen molar-refractivity contribution in [1.82, 2.24) is 0 Å². The predicted octanol–water partition coefficient (Wildman–Crippen LogP) is 3.87. The highest BCUT2D eigenvalue weighted by molar-refractivity contribution is 5.87. The minimum Gasteiger partial charge on any atom is -0.481 e. The predicted molar refractivity (Wildman–Crippen MR) is 86.5 cm³/mol. The second kappa shape index (κ2) is 6.77. The number of ether oxygens (including phenoxy) is 1. The SMILES string of the molecule is C.CC(C)(C)OC(=O)/C=C/c1ccc(C2CC2C(=O)O)cc1. The quantitative estimate of drug-likeness (QED) is 0.677. The Morgan fingerprint density at radius 3 is 2.27 bits per heavy atom. The molecule has 0 radical (unpaired) electrons. The lowest BCUT2D eigenvalue weighted by atomic mass is 10.1. The van der Waals surface area contributed by atoms with E-state index in [1.807, 2.05) is 45.0 Å². The summed E-state index contributed by atoms with van der Waals surface area (Å²) in [5, 5.41) is 8.92. The van der Waals surface area contributed by atoms with Crippen LogP contribution in [0.25, 0.3) is 6.08 Å². The summed E-state index contributed by atoms with van der Waals surface area (Å²) in [5.74, 6) is -1.21. The van der Waals surface area contributed by atoms with Crippen molar-refractivity contribution in [3.63, 3.8) is 0 Å². The summed E-state index contributed by atoms with van der Waals surface area (Å²) in [6.07, 6.45) is 3.80. The van der Waals surface area contributed by atoms with Crippen LogP contribution in [0.3, 0.4) is 0 Å². The van der Waals surface area contributed by atoms with Crippen molar-refractivity contribution >= 4 is 18.0 Å². The lowest BCUT2D eigenvalue weighted by Crippen LogP contribution is -2.22. The summed E-state index contributed by atoms with van der Waals surface area (Å²) < 4.78 is 5.18. The fourth-order valence-electron chi connectivity index (χ4n) is 2.19. The average molecular weight is 304 g/mol. The van der Waals surface area contributed by atoms with Gasteiger partial charge in [0.1, 0.15) is 5.60 Å². The lowest BCUT2D eigenvalue weighted by Gasteiger charge is -2.17. The molecular formula is C18H24O4. The zero-order valence-electron chi connectivity index (χ0n) is 12.5. The van der Waals surface area contributed by atoms with Crippen molar-refractivity contribution in [3.05, 3.63) is 41.5 Å². The van der Waals surface area contributed by atoms with Crippen LogP contribution in [0.2, 0.25) is 0 Å². The van der Waals surface area contributed by atoms with E-state index in [0.717, 1.165) is 11.1 Å². The molecule has 1 fully saturated rings. The Balaban J connectivity index is 0.00000242. The molecule has 0 bridgehead atoms. The number of aliphatic carboxylic acids is 1. The van der Waals surface area contributed by atoms with Crippen LogP contribution in [0.4, 0.5) is 0 Å². The Morgan fingerprint density at radius 2 is 1.82 bits per heavy atom. The Kier molecular flexibility index (Phi) is 5.53. The van der Waals surface area contributed by atoms with Crippen LogP contribution in [0.5, 0.6) is 0 Å². The fraction of sp³-hybridized carbons (Fsp3) is 0.444. The molecule has 1 aromatic carbocycles. The van der Waals surface area contributed by atoms with Gasteiger partial charge < -0.3 is 9.84 Å². The number of carboxylic acids is 1. The van der Waals surface area contributed by atoms with E-state index in [4.69, 9.17) is 9.84 Å². The van der Waals surface area contributed by atoms with E-state index < -0.39 is 11.6 Å². The van der Waals surface area contributed by atoms with Gasteiger partial charge in [-0.1, -0.05) is 31.7 Å². The van der Waals surface area contributed by atoms with E-state index in [-0.39, 0.29) is 25.2 Å². The Labute approximate surface area is 131 Å². The van der Waals surface area contributed by atoms with Crippen LogP contribution in [0.15, 0.2) is 30.3 Å². The van der Waals surface area contributed by atoms with Gasteiger partial charge in [0, 0.05) is 6.08 Å². The largest absolute Gasteiger partial charge is 0.481 e. The highest BCUT2D eigenvalue weighted by Crippen LogP contribution is 2.47. The van der Waals surface area contributed by atoms with E-state index in [2.05, 4.69) is 0 Å². The topological polar surface area (TPSA) is 63.6 Å². The number of carboxylic acid groups (broad SMARTS) is 1. The Morgan fingerprint density at radius 1 is 1.23 bits per heavy atom. The maximum atomic E-state index is 11.6.